The molecule has 6 heteroatoms. The first-order valence-electron chi connectivity index (χ1n) is 6.18. The van der Waals surface area contributed by atoms with Gasteiger partial charge in [-0.2, -0.15) is 0 Å². The molecule has 6 nitrogen and oxygen atoms in total. The Balaban J connectivity index is 2.84. The molecule has 1 saturated heterocycles. The Bertz CT molecular complexity index is 260. The Morgan fingerprint density at radius 1 is 1.00 bits per heavy atom. The molecule has 0 saturated carbocycles. The van der Waals surface area contributed by atoms with Crippen LogP contribution in [-0.2, 0) is 28.4 Å². The topological polar surface area (TPSA) is 55.4 Å². The van der Waals surface area contributed by atoms with E-state index in [-0.39, 0.29) is 24.4 Å². The highest BCUT2D eigenvalue weighted by Crippen LogP contribution is 2.27. The van der Waals surface area contributed by atoms with Crippen molar-refractivity contribution in [1.82, 2.24) is 0 Å². The van der Waals surface area contributed by atoms with Gasteiger partial charge in [0.15, 0.2) is 6.29 Å². The van der Waals surface area contributed by atoms with Crippen molar-refractivity contribution >= 4 is 0 Å². The van der Waals surface area contributed by atoms with Gasteiger partial charge in [-0.15, -0.1) is 6.58 Å². The molecular formula is C13H24O6. The predicted octanol–water partition coefficient (Wildman–Crippen LogP) is 0.605. The van der Waals surface area contributed by atoms with E-state index in [1.165, 1.54) is 0 Å². The van der Waals surface area contributed by atoms with E-state index in [4.69, 9.17) is 28.4 Å². The minimum absolute atomic E-state index is 0.277. The van der Waals surface area contributed by atoms with Gasteiger partial charge in [0.1, 0.15) is 24.4 Å². The number of rotatable bonds is 8. The molecule has 0 aromatic carbocycles. The van der Waals surface area contributed by atoms with E-state index in [1.807, 2.05) is 0 Å². The zero-order valence-corrected chi connectivity index (χ0v) is 12.0. The van der Waals surface area contributed by atoms with Gasteiger partial charge in [-0.3, -0.25) is 0 Å². The zero-order valence-electron chi connectivity index (χ0n) is 12.0. The Labute approximate surface area is 114 Å². The van der Waals surface area contributed by atoms with Crippen molar-refractivity contribution in [3.63, 3.8) is 0 Å². The number of ether oxygens (including phenoxy) is 6. The summed E-state index contributed by atoms with van der Waals surface area (Å²) in [6.07, 6.45) is -0.105. The lowest BCUT2D eigenvalue weighted by atomic mass is 9.98. The van der Waals surface area contributed by atoms with Crippen molar-refractivity contribution in [3.8, 4) is 0 Å². The van der Waals surface area contributed by atoms with Crippen LogP contribution in [0, 0.1) is 0 Å². The first-order chi connectivity index (χ1) is 9.23. The van der Waals surface area contributed by atoms with Crippen LogP contribution in [-0.4, -0.2) is 72.4 Å². The van der Waals surface area contributed by atoms with E-state index in [2.05, 4.69) is 6.58 Å². The van der Waals surface area contributed by atoms with Crippen molar-refractivity contribution in [2.75, 3.05) is 41.7 Å². The first-order valence-corrected chi connectivity index (χ1v) is 6.18. The maximum atomic E-state index is 5.84. The fourth-order valence-electron chi connectivity index (χ4n) is 2.28. The van der Waals surface area contributed by atoms with Gasteiger partial charge in [0.25, 0.3) is 0 Å². The smallest absolute Gasteiger partial charge is 0.187 e. The second kappa shape index (κ2) is 8.63. The van der Waals surface area contributed by atoms with Gasteiger partial charge >= 0.3 is 0 Å². The normalized spacial score (nSPS) is 35.3. The lowest BCUT2D eigenvalue weighted by molar-refractivity contribution is -0.311. The highest BCUT2D eigenvalue weighted by Gasteiger charge is 2.47. The molecule has 0 aliphatic carbocycles. The third-order valence-electron chi connectivity index (χ3n) is 3.12. The third kappa shape index (κ3) is 3.98. The SMILES string of the molecule is C=CCO[C@@H]1O[C@H](COC)[C@@H](OC)[C@H](OC)[C@@H]1OC. The highest BCUT2D eigenvalue weighted by molar-refractivity contribution is 4.92. The van der Waals surface area contributed by atoms with Gasteiger partial charge in [0, 0.05) is 28.4 Å². The summed E-state index contributed by atoms with van der Waals surface area (Å²) < 4.78 is 33.0. The lowest BCUT2D eigenvalue weighted by Crippen LogP contribution is -2.61. The Morgan fingerprint density at radius 3 is 2.11 bits per heavy atom. The molecule has 0 radical (unpaired) electrons. The molecule has 1 aliphatic heterocycles. The maximum Gasteiger partial charge on any atom is 0.187 e. The van der Waals surface area contributed by atoms with Crippen LogP contribution in [0.15, 0.2) is 12.7 Å². The standard InChI is InChI=1S/C13H24O6/c1-6-7-18-13-12(17-5)11(16-4)10(15-3)9(19-13)8-14-2/h6,9-13H,1,7-8H2,2-5H3/t9-,10-,11+,12+,13-/m1/s1. The van der Waals surface area contributed by atoms with E-state index >= 15 is 0 Å². The van der Waals surface area contributed by atoms with E-state index in [0.29, 0.717) is 13.2 Å². The molecule has 0 aromatic heterocycles. The summed E-state index contributed by atoms with van der Waals surface area (Å²) in [5.41, 5.74) is 0. The first kappa shape index (κ1) is 16.6. The van der Waals surface area contributed by atoms with E-state index < -0.39 is 6.29 Å². The number of methoxy groups -OCH3 is 4. The fourth-order valence-corrected chi connectivity index (χ4v) is 2.28. The largest absolute Gasteiger partial charge is 0.382 e. The van der Waals surface area contributed by atoms with Crippen molar-refractivity contribution < 1.29 is 28.4 Å². The zero-order chi connectivity index (χ0) is 14.3. The van der Waals surface area contributed by atoms with Gasteiger partial charge in [-0.25, -0.2) is 0 Å². The van der Waals surface area contributed by atoms with Crippen LogP contribution in [0.2, 0.25) is 0 Å². The molecule has 19 heavy (non-hydrogen) atoms. The Hall–Kier alpha value is -0.500. The van der Waals surface area contributed by atoms with Gasteiger partial charge in [0.05, 0.1) is 13.2 Å². The lowest BCUT2D eigenvalue weighted by Gasteiger charge is -2.44. The molecule has 0 bridgehead atoms. The number of hydrogen-bond acceptors (Lipinski definition) is 6. The van der Waals surface area contributed by atoms with Crippen LogP contribution in [0.5, 0.6) is 0 Å². The molecule has 0 aromatic rings. The van der Waals surface area contributed by atoms with Crippen LogP contribution >= 0.6 is 0 Å². The summed E-state index contributed by atoms with van der Waals surface area (Å²) in [5.74, 6) is 0. The second-order valence-electron chi connectivity index (χ2n) is 4.22. The molecule has 0 unspecified atom stereocenters. The highest BCUT2D eigenvalue weighted by atomic mass is 16.7. The average molecular weight is 276 g/mol. The molecule has 1 heterocycles. The van der Waals surface area contributed by atoms with Crippen LogP contribution in [0.1, 0.15) is 0 Å². The summed E-state index contributed by atoms with van der Waals surface area (Å²) >= 11 is 0. The molecule has 5 atom stereocenters. The quantitative estimate of drug-likeness (QED) is 0.605. The summed E-state index contributed by atoms with van der Waals surface area (Å²) in [7, 11) is 6.43. The predicted molar refractivity (Wildman–Crippen MR) is 69.1 cm³/mol. The van der Waals surface area contributed by atoms with E-state index in [9.17, 15) is 0 Å². The summed E-state index contributed by atoms with van der Waals surface area (Å²) in [6.45, 7) is 4.38. The average Bonchev–Trinajstić information content (AvgIpc) is 2.44. The van der Waals surface area contributed by atoms with Gasteiger partial charge < -0.3 is 28.4 Å². The Morgan fingerprint density at radius 2 is 1.63 bits per heavy atom. The second-order valence-corrected chi connectivity index (χ2v) is 4.22. The van der Waals surface area contributed by atoms with E-state index in [1.54, 1.807) is 34.5 Å². The van der Waals surface area contributed by atoms with Gasteiger partial charge in [0.2, 0.25) is 0 Å². The van der Waals surface area contributed by atoms with E-state index in [0.717, 1.165) is 0 Å². The minimum Gasteiger partial charge on any atom is -0.382 e. The Kier molecular flexibility index (Phi) is 7.52. The molecule has 1 fully saturated rings. The van der Waals surface area contributed by atoms with Crippen LogP contribution in [0.4, 0.5) is 0 Å². The number of hydrogen-bond donors (Lipinski definition) is 0. The van der Waals surface area contributed by atoms with Gasteiger partial charge in [-0.05, 0) is 0 Å². The molecule has 0 amide bonds. The summed E-state index contributed by atoms with van der Waals surface area (Å²) in [6, 6.07) is 0. The molecule has 0 spiro atoms. The van der Waals surface area contributed by atoms with Crippen molar-refractivity contribution in [2.24, 2.45) is 0 Å². The summed E-state index contributed by atoms with van der Waals surface area (Å²) in [4.78, 5) is 0. The van der Waals surface area contributed by atoms with Crippen molar-refractivity contribution in [1.29, 1.82) is 0 Å². The van der Waals surface area contributed by atoms with Crippen LogP contribution in [0.3, 0.4) is 0 Å². The van der Waals surface area contributed by atoms with Crippen molar-refractivity contribution in [2.45, 2.75) is 30.7 Å². The molecular weight excluding hydrogens is 252 g/mol. The van der Waals surface area contributed by atoms with Crippen molar-refractivity contribution in [3.05, 3.63) is 12.7 Å². The van der Waals surface area contributed by atoms with Crippen LogP contribution in [0.25, 0.3) is 0 Å². The molecule has 0 N–H and O–H groups in total. The summed E-state index contributed by atoms with van der Waals surface area (Å²) in [5, 5.41) is 0. The van der Waals surface area contributed by atoms with Gasteiger partial charge in [-0.1, -0.05) is 6.08 Å². The molecule has 1 aliphatic rings. The molecule has 1 rings (SSSR count). The monoisotopic (exact) mass is 276 g/mol. The minimum atomic E-state index is -0.542. The fraction of sp³-hybridized carbons (Fsp3) is 0.846. The molecule has 112 valence electrons. The maximum absolute atomic E-state index is 5.84. The van der Waals surface area contributed by atoms with Crippen LogP contribution < -0.4 is 0 Å². The third-order valence-corrected chi connectivity index (χ3v) is 3.12.